The normalized spacial score (nSPS) is 12.6. The van der Waals surface area contributed by atoms with E-state index in [-0.39, 0.29) is 12.5 Å². The summed E-state index contributed by atoms with van der Waals surface area (Å²) in [6.07, 6.45) is 3.25. The molecule has 4 nitrogen and oxygen atoms in total. The quantitative estimate of drug-likeness (QED) is 0.772. The van der Waals surface area contributed by atoms with Gasteiger partial charge in [0, 0.05) is 19.7 Å². The molecule has 0 bridgehead atoms. The Kier molecular flexibility index (Phi) is 6.13. The number of amides is 1. The summed E-state index contributed by atoms with van der Waals surface area (Å²) in [7, 11) is 1.54. The molecule has 1 amide bonds. The van der Waals surface area contributed by atoms with Crippen molar-refractivity contribution in [3.05, 3.63) is 54.1 Å². The average Bonchev–Trinajstić information content (AvgIpc) is 2.53. The molecule has 0 aromatic heterocycles. The predicted octanol–water partition coefficient (Wildman–Crippen LogP) is 2.37. The zero-order chi connectivity index (χ0) is 15.8. The van der Waals surface area contributed by atoms with Crippen LogP contribution in [0.1, 0.15) is 12.0 Å². The maximum atomic E-state index is 11.8. The Morgan fingerprint density at radius 3 is 2.86 bits per heavy atom. The van der Waals surface area contributed by atoms with Gasteiger partial charge in [0.25, 0.3) is 0 Å². The van der Waals surface area contributed by atoms with Gasteiger partial charge in [-0.3, -0.25) is 4.79 Å². The highest BCUT2D eigenvalue weighted by Gasteiger charge is 2.03. The van der Waals surface area contributed by atoms with Crippen molar-refractivity contribution in [2.75, 3.05) is 20.3 Å². The van der Waals surface area contributed by atoms with Crippen LogP contribution in [0, 0.1) is 0 Å². The molecule has 0 saturated carbocycles. The first kappa shape index (κ1) is 16.2. The lowest BCUT2D eigenvalue weighted by Gasteiger charge is -2.09. The first-order valence-corrected chi connectivity index (χ1v) is 7.31. The highest BCUT2D eigenvalue weighted by atomic mass is 16.5. The molecule has 1 atom stereocenters. The van der Waals surface area contributed by atoms with E-state index < -0.39 is 6.10 Å². The minimum Gasteiger partial charge on any atom is -0.391 e. The first-order chi connectivity index (χ1) is 10.7. The van der Waals surface area contributed by atoms with Gasteiger partial charge in [0.05, 0.1) is 12.7 Å². The molecule has 0 aliphatic rings. The summed E-state index contributed by atoms with van der Waals surface area (Å²) in [5, 5.41) is 14.5. The summed E-state index contributed by atoms with van der Waals surface area (Å²) in [6.45, 7) is 0.699. The van der Waals surface area contributed by atoms with Crippen molar-refractivity contribution < 1.29 is 14.6 Å². The molecule has 0 saturated heterocycles. The number of aliphatic hydroxyl groups excluding tert-OH is 1. The third kappa shape index (κ3) is 4.69. The molecule has 0 radical (unpaired) electrons. The molecule has 2 N–H and O–H groups in total. The Hall–Kier alpha value is -2.17. The average molecular weight is 299 g/mol. The monoisotopic (exact) mass is 299 g/mol. The van der Waals surface area contributed by atoms with Crippen LogP contribution in [-0.2, 0) is 9.53 Å². The van der Waals surface area contributed by atoms with Crippen molar-refractivity contribution in [3.63, 3.8) is 0 Å². The number of hydrogen-bond donors (Lipinski definition) is 2. The van der Waals surface area contributed by atoms with E-state index in [9.17, 15) is 9.90 Å². The Morgan fingerprint density at radius 2 is 2.05 bits per heavy atom. The highest BCUT2D eigenvalue weighted by Crippen LogP contribution is 2.19. The lowest BCUT2D eigenvalue weighted by molar-refractivity contribution is -0.116. The molecule has 2 aromatic carbocycles. The number of carbonyl (C=O) groups is 1. The van der Waals surface area contributed by atoms with E-state index in [4.69, 9.17) is 4.74 Å². The molecule has 0 aliphatic carbocycles. The second kappa shape index (κ2) is 8.32. The van der Waals surface area contributed by atoms with Crippen LogP contribution in [0.15, 0.2) is 48.5 Å². The fraction of sp³-hybridized carbons (Fsp3) is 0.278. The SMILES string of the molecule is COCC(O)CCNC(=O)/C=C/c1cccc2ccccc12. The van der Waals surface area contributed by atoms with Crippen LogP contribution in [0.2, 0.25) is 0 Å². The van der Waals surface area contributed by atoms with Crippen LogP contribution in [0.4, 0.5) is 0 Å². The maximum Gasteiger partial charge on any atom is 0.244 e. The van der Waals surface area contributed by atoms with Gasteiger partial charge in [0.1, 0.15) is 0 Å². The third-order valence-electron chi connectivity index (χ3n) is 3.37. The molecule has 0 aliphatic heterocycles. The Balaban J connectivity index is 1.92. The number of methoxy groups -OCH3 is 1. The summed E-state index contributed by atoms with van der Waals surface area (Å²) in [5.74, 6) is -0.169. The van der Waals surface area contributed by atoms with E-state index >= 15 is 0 Å². The minimum atomic E-state index is -0.549. The maximum absolute atomic E-state index is 11.8. The van der Waals surface area contributed by atoms with Gasteiger partial charge in [-0.1, -0.05) is 42.5 Å². The van der Waals surface area contributed by atoms with Gasteiger partial charge in [0.2, 0.25) is 5.91 Å². The van der Waals surface area contributed by atoms with E-state index in [1.54, 1.807) is 0 Å². The number of fused-ring (bicyclic) bond motifs is 1. The van der Waals surface area contributed by atoms with Crippen molar-refractivity contribution in [1.82, 2.24) is 5.32 Å². The Bertz CT molecular complexity index is 646. The summed E-state index contributed by atoms with van der Waals surface area (Å²) >= 11 is 0. The molecule has 0 heterocycles. The second-order valence-electron chi connectivity index (χ2n) is 5.09. The van der Waals surface area contributed by atoms with Crippen molar-refractivity contribution >= 4 is 22.8 Å². The standard InChI is InChI=1S/C18H21NO3/c1-22-13-16(20)11-12-19-18(21)10-9-15-7-4-6-14-5-2-3-8-17(14)15/h2-10,16,20H,11-13H2,1H3,(H,19,21)/b10-9+. The molecule has 1 unspecified atom stereocenters. The summed E-state index contributed by atoms with van der Waals surface area (Å²) in [5.41, 5.74) is 1.01. The van der Waals surface area contributed by atoms with Gasteiger partial charge in [-0.05, 0) is 28.8 Å². The molecule has 22 heavy (non-hydrogen) atoms. The van der Waals surface area contributed by atoms with Crippen LogP contribution in [-0.4, -0.2) is 37.4 Å². The van der Waals surface area contributed by atoms with Crippen molar-refractivity contribution in [1.29, 1.82) is 0 Å². The molecule has 4 heteroatoms. The largest absolute Gasteiger partial charge is 0.391 e. The summed E-state index contributed by atoms with van der Waals surface area (Å²) < 4.78 is 4.83. The van der Waals surface area contributed by atoms with Crippen LogP contribution in [0.5, 0.6) is 0 Å². The molecule has 2 rings (SSSR count). The minimum absolute atomic E-state index is 0.169. The van der Waals surface area contributed by atoms with E-state index in [1.807, 2.05) is 48.5 Å². The lowest BCUT2D eigenvalue weighted by atomic mass is 10.0. The van der Waals surface area contributed by atoms with Gasteiger partial charge in [-0.25, -0.2) is 0 Å². The van der Waals surface area contributed by atoms with Crippen LogP contribution in [0.3, 0.4) is 0 Å². The fourth-order valence-electron chi connectivity index (χ4n) is 2.26. The number of aliphatic hydroxyl groups is 1. The molecule has 0 fully saturated rings. The fourth-order valence-corrected chi connectivity index (χ4v) is 2.26. The number of carbonyl (C=O) groups excluding carboxylic acids is 1. The first-order valence-electron chi connectivity index (χ1n) is 7.31. The smallest absolute Gasteiger partial charge is 0.244 e. The van der Waals surface area contributed by atoms with Gasteiger partial charge in [-0.15, -0.1) is 0 Å². The molecule has 116 valence electrons. The van der Waals surface area contributed by atoms with Gasteiger partial charge in [0.15, 0.2) is 0 Å². The van der Waals surface area contributed by atoms with E-state index in [0.29, 0.717) is 13.0 Å². The highest BCUT2D eigenvalue weighted by molar-refractivity contribution is 5.96. The van der Waals surface area contributed by atoms with Crippen LogP contribution < -0.4 is 5.32 Å². The molecular formula is C18H21NO3. The Morgan fingerprint density at radius 1 is 1.27 bits per heavy atom. The zero-order valence-corrected chi connectivity index (χ0v) is 12.7. The zero-order valence-electron chi connectivity index (χ0n) is 12.7. The van der Waals surface area contributed by atoms with Crippen LogP contribution >= 0.6 is 0 Å². The van der Waals surface area contributed by atoms with Crippen molar-refractivity contribution in [3.8, 4) is 0 Å². The van der Waals surface area contributed by atoms with Crippen molar-refractivity contribution in [2.24, 2.45) is 0 Å². The summed E-state index contributed by atoms with van der Waals surface area (Å²) in [6, 6.07) is 14.1. The lowest BCUT2D eigenvalue weighted by Crippen LogP contribution is -2.27. The summed E-state index contributed by atoms with van der Waals surface area (Å²) in [4.78, 5) is 11.8. The number of rotatable bonds is 7. The molecular weight excluding hydrogens is 278 g/mol. The topological polar surface area (TPSA) is 58.6 Å². The molecule has 0 spiro atoms. The van der Waals surface area contributed by atoms with E-state index in [2.05, 4.69) is 5.32 Å². The van der Waals surface area contributed by atoms with Crippen LogP contribution in [0.25, 0.3) is 16.8 Å². The van der Waals surface area contributed by atoms with E-state index in [0.717, 1.165) is 16.3 Å². The predicted molar refractivity (Wildman–Crippen MR) is 88.5 cm³/mol. The third-order valence-corrected chi connectivity index (χ3v) is 3.37. The van der Waals surface area contributed by atoms with Crippen molar-refractivity contribution in [2.45, 2.75) is 12.5 Å². The number of hydrogen-bond acceptors (Lipinski definition) is 3. The van der Waals surface area contributed by atoms with Gasteiger partial charge >= 0.3 is 0 Å². The van der Waals surface area contributed by atoms with Gasteiger partial charge < -0.3 is 15.2 Å². The Labute approximate surface area is 130 Å². The van der Waals surface area contributed by atoms with E-state index in [1.165, 1.54) is 13.2 Å². The number of benzene rings is 2. The van der Waals surface area contributed by atoms with Gasteiger partial charge in [-0.2, -0.15) is 0 Å². The number of nitrogens with one attached hydrogen (secondary N) is 1. The molecule has 2 aromatic rings. The number of ether oxygens (including phenoxy) is 1. The second-order valence-corrected chi connectivity index (χ2v) is 5.09.